The van der Waals surface area contributed by atoms with Crippen molar-refractivity contribution in [2.24, 2.45) is 5.41 Å². The minimum absolute atomic E-state index is 0.0363. The molecule has 116 valence electrons. The van der Waals surface area contributed by atoms with E-state index < -0.39 is 0 Å². The molecular formula is C16H25N3O2. The molecule has 1 saturated heterocycles. The van der Waals surface area contributed by atoms with Gasteiger partial charge >= 0.3 is 0 Å². The summed E-state index contributed by atoms with van der Waals surface area (Å²) >= 11 is 0. The van der Waals surface area contributed by atoms with Gasteiger partial charge in [-0.3, -0.25) is 0 Å². The van der Waals surface area contributed by atoms with Crippen LogP contribution in [0.15, 0.2) is 6.07 Å². The maximum atomic E-state index is 10.2. The zero-order valence-electron chi connectivity index (χ0n) is 13.2. The molecule has 2 atom stereocenters. The summed E-state index contributed by atoms with van der Waals surface area (Å²) in [7, 11) is 0. The molecule has 0 amide bonds. The van der Waals surface area contributed by atoms with Crippen LogP contribution in [-0.4, -0.2) is 47.0 Å². The Bertz CT molecular complexity index is 490. The van der Waals surface area contributed by atoms with Crippen molar-refractivity contribution in [3.05, 3.63) is 17.5 Å². The minimum atomic E-state index is -0.212. The molecule has 1 aliphatic heterocycles. The van der Waals surface area contributed by atoms with Crippen molar-refractivity contribution in [1.82, 2.24) is 9.97 Å². The van der Waals surface area contributed by atoms with Gasteiger partial charge in [0.1, 0.15) is 0 Å². The van der Waals surface area contributed by atoms with Crippen molar-refractivity contribution in [3.8, 4) is 0 Å². The van der Waals surface area contributed by atoms with E-state index in [1.807, 2.05) is 26.8 Å². The fraction of sp³-hybridized carbons (Fsp3) is 0.750. The molecule has 0 radical (unpaired) electrons. The molecule has 1 N–H and O–H groups in total. The number of anilines is 1. The number of aliphatic hydroxyl groups excluding tert-OH is 1. The van der Waals surface area contributed by atoms with Crippen LogP contribution in [0.2, 0.25) is 0 Å². The quantitative estimate of drug-likeness (QED) is 0.921. The molecule has 1 spiro atoms. The van der Waals surface area contributed by atoms with E-state index >= 15 is 0 Å². The lowest BCUT2D eigenvalue weighted by atomic mass is 9.58. The van der Waals surface area contributed by atoms with Gasteiger partial charge in [0, 0.05) is 42.9 Å². The SMILES string of the molecule is CCO[C@@H]1C[C@@H](O)C12CCN(c1nc(C)cc(C)n1)CC2. The summed E-state index contributed by atoms with van der Waals surface area (Å²) in [4.78, 5) is 11.3. The van der Waals surface area contributed by atoms with Gasteiger partial charge in [0.25, 0.3) is 0 Å². The Kier molecular flexibility index (Phi) is 3.88. The predicted molar refractivity (Wildman–Crippen MR) is 81.4 cm³/mol. The second-order valence-electron chi connectivity index (χ2n) is 6.37. The third-order valence-electron chi connectivity index (χ3n) is 5.06. The number of aryl methyl sites for hydroxylation is 2. The van der Waals surface area contributed by atoms with Gasteiger partial charge in [0.2, 0.25) is 5.95 Å². The first-order valence-electron chi connectivity index (χ1n) is 7.92. The van der Waals surface area contributed by atoms with Crippen LogP contribution in [0, 0.1) is 19.3 Å². The van der Waals surface area contributed by atoms with Crippen LogP contribution in [0.3, 0.4) is 0 Å². The van der Waals surface area contributed by atoms with E-state index in [0.717, 1.165) is 56.3 Å². The van der Waals surface area contributed by atoms with Crippen LogP contribution in [0.1, 0.15) is 37.6 Å². The first-order chi connectivity index (χ1) is 10.0. The normalized spacial score (nSPS) is 27.7. The van der Waals surface area contributed by atoms with Crippen LogP contribution in [0.4, 0.5) is 5.95 Å². The molecule has 1 aromatic heterocycles. The Labute approximate surface area is 126 Å². The van der Waals surface area contributed by atoms with E-state index in [-0.39, 0.29) is 17.6 Å². The fourth-order valence-corrected chi connectivity index (χ4v) is 3.79. The smallest absolute Gasteiger partial charge is 0.225 e. The lowest BCUT2D eigenvalue weighted by Crippen LogP contribution is -2.62. The van der Waals surface area contributed by atoms with Crippen molar-refractivity contribution in [2.45, 2.75) is 52.2 Å². The van der Waals surface area contributed by atoms with Crippen LogP contribution in [-0.2, 0) is 4.74 Å². The molecule has 1 saturated carbocycles. The Morgan fingerprint density at radius 1 is 1.29 bits per heavy atom. The van der Waals surface area contributed by atoms with Crippen molar-refractivity contribution in [2.75, 3.05) is 24.6 Å². The monoisotopic (exact) mass is 291 g/mol. The number of ether oxygens (including phenoxy) is 1. The second-order valence-corrected chi connectivity index (χ2v) is 6.37. The highest BCUT2D eigenvalue weighted by molar-refractivity contribution is 5.33. The molecule has 0 bridgehead atoms. The van der Waals surface area contributed by atoms with Crippen LogP contribution in [0.5, 0.6) is 0 Å². The second kappa shape index (κ2) is 5.54. The molecule has 21 heavy (non-hydrogen) atoms. The standard InChI is InChI=1S/C16H25N3O2/c1-4-21-14-10-13(20)16(14)5-7-19(8-6-16)15-17-11(2)9-12(3)18-15/h9,13-14,20H,4-8,10H2,1-3H3/t13-,14-/m1/s1. The Hall–Kier alpha value is -1.20. The fourth-order valence-electron chi connectivity index (χ4n) is 3.79. The van der Waals surface area contributed by atoms with Crippen molar-refractivity contribution in [3.63, 3.8) is 0 Å². The largest absolute Gasteiger partial charge is 0.392 e. The first-order valence-corrected chi connectivity index (χ1v) is 7.92. The summed E-state index contributed by atoms with van der Waals surface area (Å²) in [5.41, 5.74) is 1.98. The predicted octanol–water partition coefficient (Wildman–Crippen LogP) is 1.85. The highest BCUT2D eigenvalue weighted by atomic mass is 16.5. The molecule has 0 aromatic carbocycles. The average Bonchev–Trinajstić information content (AvgIpc) is 2.46. The van der Waals surface area contributed by atoms with Gasteiger partial charge in [-0.15, -0.1) is 0 Å². The number of aliphatic hydroxyl groups is 1. The third kappa shape index (κ3) is 2.53. The molecule has 5 nitrogen and oxygen atoms in total. The van der Waals surface area contributed by atoms with E-state index in [1.54, 1.807) is 0 Å². The summed E-state index contributed by atoms with van der Waals surface area (Å²) in [5, 5.41) is 10.2. The molecule has 1 aliphatic carbocycles. The van der Waals surface area contributed by atoms with Crippen LogP contribution < -0.4 is 4.90 Å². The summed E-state index contributed by atoms with van der Waals surface area (Å²) in [6.45, 7) is 8.54. The lowest BCUT2D eigenvalue weighted by Gasteiger charge is -2.56. The van der Waals surface area contributed by atoms with E-state index in [0.29, 0.717) is 0 Å². The number of hydrogen-bond acceptors (Lipinski definition) is 5. The Morgan fingerprint density at radius 2 is 1.90 bits per heavy atom. The molecule has 0 unspecified atom stereocenters. The van der Waals surface area contributed by atoms with Crippen LogP contribution >= 0.6 is 0 Å². The van der Waals surface area contributed by atoms with Crippen molar-refractivity contribution < 1.29 is 9.84 Å². The third-order valence-corrected chi connectivity index (χ3v) is 5.06. The van der Waals surface area contributed by atoms with E-state index in [9.17, 15) is 5.11 Å². The van der Waals surface area contributed by atoms with Gasteiger partial charge in [-0.1, -0.05) is 0 Å². The Morgan fingerprint density at radius 3 is 2.43 bits per heavy atom. The number of nitrogens with zero attached hydrogens (tertiary/aromatic N) is 3. The van der Waals surface area contributed by atoms with E-state index in [1.165, 1.54) is 0 Å². The molecule has 3 rings (SSSR count). The average molecular weight is 291 g/mol. The molecular weight excluding hydrogens is 266 g/mol. The van der Waals surface area contributed by atoms with Crippen molar-refractivity contribution >= 4 is 5.95 Å². The zero-order chi connectivity index (χ0) is 15.0. The number of aromatic nitrogens is 2. The topological polar surface area (TPSA) is 58.5 Å². The number of piperidine rings is 1. The molecule has 2 heterocycles. The molecule has 2 aliphatic rings. The molecule has 5 heteroatoms. The molecule has 2 fully saturated rings. The molecule has 1 aromatic rings. The highest BCUT2D eigenvalue weighted by Gasteiger charge is 2.56. The van der Waals surface area contributed by atoms with Gasteiger partial charge in [0.15, 0.2) is 0 Å². The summed E-state index contributed by atoms with van der Waals surface area (Å²) in [6.07, 6.45) is 2.70. The van der Waals surface area contributed by atoms with Gasteiger partial charge in [0.05, 0.1) is 12.2 Å². The van der Waals surface area contributed by atoms with E-state index in [4.69, 9.17) is 4.74 Å². The zero-order valence-corrected chi connectivity index (χ0v) is 13.2. The maximum absolute atomic E-state index is 10.2. The van der Waals surface area contributed by atoms with Gasteiger partial charge in [-0.2, -0.15) is 0 Å². The van der Waals surface area contributed by atoms with Crippen molar-refractivity contribution in [1.29, 1.82) is 0 Å². The maximum Gasteiger partial charge on any atom is 0.225 e. The van der Waals surface area contributed by atoms with Gasteiger partial charge < -0.3 is 14.7 Å². The summed E-state index contributed by atoms with van der Waals surface area (Å²) in [5.74, 6) is 0.823. The van der Waals surface area contributed by atoms with Gasteiger partial charge in [-0.25, -0.2) is 9.97 Å². The Balaban J connectivity index is 1.70. The summed E-state index contributed by atoms with van der Waals surface area (Å²) < 4.78 is 5.81. The number of hydrogen-bond donors (Lipinski definition) is 1. The van der Waals surface area contributed by atoms with Crippen LogP contribution in [0.25, 0.3) is 0 Å². The lowest BCUT2D eigenvalue weighted by molar-refractivity contribution is -0.199. The highest BCUT2D eigenvalue weighted by Crippen LogP contribution is 2.51. The first kappa shape index (κ1) is 14.7. The minimum Gasteiger partial charge on any atom is -0.392 e. The van der Waals surface area contributed by atoms with Gasteiger partial charge in [-0.05, 0) is 39.7 Å². The summed E-state index contributed by atoms with van der Waals surface area (Å²) in [6, 6.07) is 2.00. The van der Waals surface area contributed by atoms with E-state index in [2.05, 4.69) is 14.9 Å². The number of rotatable bonds is 3.